The van der Waals surface area contributed by atoms with Crippen molar-refractivity contribution in [2.24, 2.45) is 18.9 Å². The molecule has 1 N–H and O–H groups in total. The van der Waals surface area contributed by atoms with Crippen molar-refractivity contribution in [1.29, 1.82) is 0 Å². The summed E-state index contributed by atoms with van der Waals surface area (Å²) in [6, 6.07) is 5.72. The van der Waals surface area contributed by atoms with Gasteiger partial charge in [0.05, 0.1) is 35.6 Å². The lowest BCUT2D eigenvalue weighted by Crippen LogP contribution is -2.29. The Morgan fingerprint density at radius 3 is 2.72 bits per heavy atom. The number of carbonyl (C=O) groups excluding carboxylic acids is 1. The largest absolute Gasteiger partial charge is 0.356 e. The number of carbonyl (C=O) groups is 1. The molecule has 8 nitrogen and oxygen atoms in total. The predicted molar refractivity (Wildman–Crippen MR) is 130 cm³/mol. The van der Waals surface area contributed by atoms with Crippen molar-refractivity contribution >= 4 is 11.7 Å². The van der Waals surface area contributed by atoms with Gasteiger partial charge in [-0.15, -0.1) is 0 Å². The van der Waals surface area contributed by atoms with E-state index in [0.29, 0.717) is 31.7 Å². The molecule has 10 heteroatoms. The highest BCUT2D eigenvalue weighted by Gasteiger charge is 2.71. The second-order valence-corrected chi connectivity index (χ2v) is 10.2. The summed E-state index contributed by atoms with van der Waals surface area (Å²) in [6.07, 6.45) is 4.83. The summed E-state index contributed by atoms with van der Waals surface area (Å²) in [5.41, 5.74) is 5.44. The summed E-state index contributed by atoms with van der Waals surface area (Å²) in [5, 5.41) is 7.83. The monoisotopic (exact) mass is 495 g/mol. The number of piperidine rings is 1. The maximum absolute atomic E-state index is 13.6. The first-order valence-corrected chi connectivity index (χ1v) is 12.8. The molecule has 1 aliphatic heterocycles. The molecule has 1 saturated heterocycles. The highest BCUT2D eigenvalue weighted by atomic mass is 19.3. The van der Waals surface area contributed by atoms with Gasteiger partial charge in [-0.25, -0.2) is 18.7 Å². The molecule has 3 aromatic heterocycles. The molecule has 3 atom stereocenters. The van der Waals surface area contributed by atoms with E-state index in [1.54, 1.807) is 11.0 Å². The van der Waals surface area contributed by atoms with Crippen LogP contribution in [0.3, 0.4) is 0 Å². The lowest BCUT2D eigenvalue weighted by Gasteiger charge is -2.22. The van der Waals surface area contributed by atoms with Gasteiger partial charge in [0.1, 0.15) is 11.5 Å². The van der Waals surface area contributed by atoms with Crippen LogP contribution in [0.5, 0.6) is 0 Å². The average Bonchev–Trinajstić information content (AvgIpc) is 3.49. The number of rotatable bonds is 7. The van der Waals surface area contributed by atoms with Crippen LogP contribution in [-0.4, -0.2) is 49.2 Å². The number of nitrogens with zero attached hydrogens (tertiary/aromatic N) is 6. The molecule has 190 valence electrons. The smallest absolute Gasteiger partial charge is 0.270 e. The Balaban J connectivity index is 1.17. The van der Waals surface area contributed by atoms with Crippen molar-refractivity contribution in [2.45, 2.75) is 58.0 Å². The van der Waals surface area contributed by atoms with Crippen molar-refractivity contribution < 1.29 is 13.6 Å². The molecule has 0 aromatic carbocycles. The molecule has 4 heterocycles. The average molecular weight is 496 g/mol. The van der Waals surface area contributed by atoms with Gasteiger partial charge in [0.15, 0.2) is 0 Å². The second kappa shape index (κ2) is 8.38. The Labute approximate surface area is 208 Å². The quantitative estimate of drug-likeness (QED) is 0.544. The van der Waals surface area contributed by atoms with Crippen LogP contribution in [0, 0.1) is 11.8 Å². The highest BCUT2D eigenvalue weighted by Crippen LogP contribution is 2.59. The summed E-state index contributed by atoms with van der Waals surface area (Å²) >= 11 is 0. The first-order valence-electron chi connectivity index (χ1n) is 12.8. The maximum atomic E-state index is 13.6. The standard InChI is InChI=1S/C26H31F2N7O/c1-4-19-15(6-9-23(30-19)34-12-17-18(13-34)26(17,27)28)10-16-11-22(35(5-2)32-16)25(36)31-20-7-8-21-24(20)29-14-33(21)3/h6,9,11,14,17-18,20H,4-5,7-8,10,12-13H2,1-3H3,(H,31,36)/t17?,18?,20-/m1/s1. The fourth-order valence-electron chi connectivity index (χ4n) is 5.89. The molecule has 3 aliphatic rings. The van der Waals surface area contributed by atoms with Crippen LogP contribution < -0.4 is 10.2 Å². The molecule has 3 aromatic rings. The van der Waals surface area contributed by atoms with Crippen LogP contribution in [0.15, 0.2) is 24.5 Å². The summed E-state index contributed by atoms with van der Waals surface area (Å²) in [5.74, 6) is -2.93. The second-order valence-electron chi connectivity index (χ2n) is 10.2. The Bertz CT molecular complexity index is 1320. The number of aryl methyl sites for hydroxylation is 3. The molecule has 2 fully saturated rings. The van der Waals surface area contributed by atoms with Crippen molar-refractivity contribution in [3.8, 4) is 0 Å². The first kappa shape index (κ1) is 23.1. The number of halogens is 2. The molecular weight excluding hydrogens is 464 g/mol. The molecule has 36 heavy (non-hydrogen) atoms. The number of aromatic nitrogens is 5. The molecule has 0 bridgehead atoms. The van der Waals surface area contributed by atoms with Crippen LogP contribution in [0.25, 0.3) is 0 Å². The van der Waals surface area contributed by atoms with Gasteiger partial charge in [0.2, 0.25) is 0 Å². The number of imidazole rings is 1. The summed E-state index contributed by atoms with van der Waals surface area (Å²) in [7, 11) is 1.98. The molecule has 1 saturated carbocycles. The Hall–Kier alpha value is -3.30. The Morgan fingerprint density at radius 2 is 2.00 bits per heavy atom. The van der Waals surface area contributed by atoms with Crippen molar-refractivity contribution in [1.82, 2.24) is 29.6 Å². The van der Waals surface area contributed by atoms with E-state index in [0.717, 1.165) is 47.7 Å². The van der Waals surface area contributed by atoms with E-state index in [-0.39, 0.29) is 11.9 Å². The molecular formula is C26H31F2N7O. The highest BCUT2D eigenvalue weighted by molar-refractivity contribution is 5.93. The maximum Gasteiger partial charge on any atom is 0.270 e. The summed E-state index contributed by atoms with van der Waals surface area (Å²) < 4.78 is 30.9. The number of hydrogen-bond donors (Lipinski definition) is 1. The van der Waals surface area contributed by atoms with E-state index in [2.05, 4.69) is 15.4 Å². The minimum Gasteiger partial charge on any atom is -0.356 e. The molecule has 2 unspecified atom stereocenters. The minimum absolute atomic E-state index is 0.0858. The fourth-order valence-corrected chi connectivity index (χ4v) is 5.89. The lowest BCUT2D eigenvalue weighted by atomic mass is 10.1. The number of hydrogen-bond acceptors (Lipinski definition) is 5. The third kappa shape index (κ3) is 3.69. The lowest BCUT2D eigenvalue weighted by molar-refractivity contribution is 0.0796. The third-order valence-electron chi connectivity index (χ3n) is 8.04. The molecule has 6 rings (SSSR count). The zero-order valence-corrected chi connectivity index (χ0v) is 20.8. The van der Waals surface area contributed by atoms with Crippen molar-refractivity contribution in [3.05, 3.63) is 58.6 Å². The minimum atomic E-state index is -2.50. The van der Waals surface area contributed by atoms with E-state index in [9.17, 15) is 13.6 Å². The number of anilines is 1. The van der Waals surface area contributed by atoms with Gasteiger partial charge in [-0.3, -0.25) is 9.48 Å². The van der Waals surface area contributed by atoms with Gasteiger partial charge >= 0.3 is 0 Å². The van der Waals surface area contributed by atoms with Crippen LogP contribution in [0.4, 0.5) is 14.6 Å². The number of fused-ring (bicyclic) bond motifs is 2. The van der Waals surface area contributed by atoms with Gasteiger partial charge < -0.3 is 14.8 Å². The number of alkyl halides is 2. The summed E-state index contributed by atoms with van der Waals surface area (Å²) in [6.45, 7) is 5.34. The normalized spacial score (nSPS) is 23.6. The molecule has 2 aliphatic carbocycles. The van der Waals surface area contributed by atoms with E-state index in [1.165, 1.54) is 5.69 Å². The van der Waals surface area contributed by atoms with Crippen molar-refractivity contribution in [3.63, 3.8) is 0 Å². The van der Waals surface area contributed by atoms with Gasteiger partial charge in [-0.2, -0.15) is 5.10 Å². The van der Waals surface area contributed by atoms with Crippen LogP contribution in [0.1, 0.15) is 65.1 Å². The number of nitrogens with one attached hydrogen (secondary N) is 1. The Kier molecular flexibility index (Phi) is 5.38. The number of amides is 1. The zero-order chi connectivity index (χ0) is 25.2. The van der Waals surface area contributed by atoms with Gasteiger partial charge in [-0.05, 0) is 43.9 Å². The van der Waals surface area contributed by atoms with E-state index < -0.39 is 17.8 Å². The fraction of sp³-hybridized carbons (Fsp3) is 0.538. The SMILES string of the molecule is CCc1nc(N2CC3C(C2)C3(F)F)ccc1Cc1cc(C(=O)N[C@@H]2CCc3c2ncn3C)n(CC)n1. The van der Waals surface area contributed by atoms with Crippen LogP contribution in [-0.2, 0) is 32.9 Å². The molecule has 0 radical (unpaired) electrons. The van der Waals surface area contributed by atoms with Crippen LogP contribution in [0.2, 0.25) is 0 Å². The third-order valence-corrected chi connectivity index (χ3v) is 8.04. The molecule has 1 amide bonds. The topological polar surface area (TPSA) is 80.9 Å². The van der Waals surface area contributed by atoms with E-state index >= 15 is 0 Å². The first-order chi connectivity index (χ1) is 17.3. The number of pyridine rings is 1. The van der Waals surface area contributed by atoms with Gasteiger partial charge in [0.25, 0.3) is 11.8 Å². The summed E-state index contributed by atoms with van der Waals surface area (Å²) in [4.78, 5) is 24.4. The van der Waals surface area contributed by atoms with Gasteiger partial charge in [-0.1, -0.05) is 13.0 Å². The molecule has 0 spiro atoms. The van der Waals surface area contributed by atoms with E-state index in [4.69, 9.17) is 4.98 Å². The zero-order valence-electron chi connectivity index (χ0n) is 20.8. The van der Waals surface area contributed by atoms with Gasteiger partial charge in [0, 0.05) is 44.5 Å². The van der Waals surface area contributed by atoms with Crippen molar-refractivity contribution in [2.75, 3.05) is 18.0 Å². The predicted octanol–water partition coefficient (Wildman–Crippen LogP) is 3.30. The Morgan fingerprint density at radius 1 is 1.22 bits per heavy atom. The van der Waals surface area contributed by atoms with Crippen LogP contribution >= 0.6 is 0 Å². The van der Waals surface area contributed by atoms with E-state index in [1.807, 2.05) is 48.6 Å².